The molecule has 0 unspecified atom stereocenters. The number of ether oxygens (including phenoxy) is 1. The normalized spacial score (nSPS) is 14.0. The van der Waals surface area contributed by atoms with E-state index in [1.54, 1.807) is 12.3 Å². The van der Waals surface area contributed by atoms with E-state index in [2.05, 4.69) is 4.98 Å². The van der Waals surface area contributed by atoms with Crippen LogP contribution in [0.5, 0.6) is 5.88 Å². The van der Waals surface area contributed by atoms with Crippen LogP contribution in [0.4, 0.5) is 4.39 Å². The van der Waals surface area contributed by atoms with E-state index in [9.17, 15) is 9.18 Å². The van der Waals surface area contributed by atoms with E-state index in [1.165, 1.54) is 25.3 Å². The van der Waals surface area contributed by atoms with Gasteiger partial charge in [-0.1, -0.05) is 18.6 Å². The van der Waals surface area contributed by atoms with Crippen molar-refractivity contribution in [2.45, 2.75) is 44.9 Å². The minimum Gasteiger partial charge on any atom is -0.481 e. The molecule has 0 radical (unpaired) electrons. The molecule has 1 aliphatic rings. The van der Waals surface area contributed by atoms with E-state index >= 15 is 0 Å². The molecule has 2 aromatic rings. The Balaban J connectivity index is 1.67. The molecular weight excluding hydrogens is 333 g/mol. The molecule has 1 fully saturated rings. The maximum absolute atomic E-state index is 14.5. The third-order valence-corrected chi connectivity index (χ3v) is 4.90. The Morgan fingerprint density at radius 1 is 1.27 bits per heavy atom. The Hall–Kier alpha value is -2.43. The van der Waals surface area contributed by atoms with Gasteiger partial charge >= 0.3 is 5.97 Å². The monoisotopic (exact) mass is 357 g/mol. The summed E-state index contributed by atoms with van der Waals surface area (Å²) in [6.07, 6.45) is 7.23. The second-order valence-electron chi connectivity index (χ2n) is 6.87. The number of unbranched alkanes of at least 4 members (excludes halogenated alkanes) is 1. The standard InChI is InChI=1S/C21H24FNO3/c22-19-13-17(11-10-16(19)7-1-2-9-20(24)25)18-8-4-12-23-21(18)26-14-15-5-3-6-15/h4,8,10-13,15H,1-3,5-7,9,14H2,(H,24,25). The SMILES string of the molecule is O=C(O)CCCCc1ccc(-c2cccnc2OCC2CCC2)cc1F. The maximum Gasteiger partial charge on any atom is 0.303 e. The lowest BCUT2D eigenvalue weighted by atomic mass is 9.86. The second-order valence-corrected chi connectivity index (χ2v) is 6.87. The number of hydrogen-bond acceptors (Lipinski definition) is 3. The van der Waals surface area contributed by atoms with Crippen LogP contribution in [-0.4, -0.2) is 22.7 Å². The van der Waals surface area contributed by atoms with Crippen molar-refractivity contribution < 1.29 is 19.0 Å². The van der Waals surface area contributed by atoms with Crippen LogP contribution in [0.15, 0.2) is 36.5 Å². The molecule has 1 N–H and O–H groups in total. The molecule has 4 nitrogen and oxygen atoms in total. The van der Waals surface area contributed by atoms with Gasteiger partial charge in [-0.2, -0.15) is 0 Å². The minimum atomic E-state index is -0.813. The summed E-state index contributed by atoms with van der Waals surface area (Å²) in [7, 11) is 0. The largest absolute Gasteiger partial charge is 0.481 e. The van der Waals surface area contributed by atoms with Crippen LogP contribution in [0.1, 0.15) is 44.1 Å². The fourth-order valence-corrected chi connectivity index (χ4v) is 3.09. The molecule has 138 valence electrons. The number of aromatic nitrogens is 1. The van der Waals surface area contributed by atoms with Gasteiger partial charge in [-0.05, 0) is 67.3 Å². The van der Waals surface area contributed by atoms with Gasteiger partial charge in [0, 0.05) is 18.2 Å². The van der Waals surface area contributed by atoms with Gasteiger partial charge in [-0.3, -0.25) is 4.79 Å². The third kappa shape index (κ3) is 4.81. The van der Waals surface area contributed by atoms with E-state index in [1.807, 2.05) is 18.2 Å². The zero-order valence-corrected chi connectivity index (χ0v) is 14.8. The molecule has 1 aromatic carbocycles. The highest BCUT2D eigenvalue weighted by Gasteiger charge is 2.19. The van der Waals surface area contributed by atoms with Crippen LogP contribution < -0.4 is 4.74 Å². The van der Waals surface area contributed by atoms with Crippen LogP contribution >= 0.6 is 0 Å². The van der Waals surface area contributed by atoms with E-state index in [0.29, 0.717) is 43.2 Å². The molecular formula is C21H24FNO3. The van der Waals surface area contributed by atoms with Crippen molar-refractivity contribution in [3.63, 3.8) is 0 Å². The third-order valence-electron chi connectivity index (χ3n) is 4.90. The summed E-state index contributed by atoms with van der Waals surface area (Å²) in [4.78, 5) is 14.9. The van der Waals surface area contributed by atoms with Gasteiger partial charge in [0.1, 0.15) is 5.82 Å². The summed E-state index contributed by atoms with van der Waals surface area (Å²) < 4.78 is 20.3. The van der Waals surface area contributed by atoms with Crippen molar-refractivity contribution in [3.8, 4) is 17.0 Å². The van der Waals surface area contributed by atoms with Gasteiger partial charge in [0.2, 0.25) is 5.88 Å². The summed E-state index contributed by atoms with van der Waals surface area (Å²) >= 11 is 0. The van der Waals surface area contributed by atoms with Crippen LogP contribution in [0.25, 0.3) is 11.1 Å². The molecule has 0 aliphatic heterocycles. The molecule has 26 heavy (non-hydrogen) atoms. The maximum atomic E-state index is 14.5. The second kappa shape index (κ2) is 8.79. The number of hydrogen-bond donors (Lipinski definition) is 1. The first-order valence-corrected chi connectivity index (χ1v) is 9.22. The topological polar surface area (TPSA) is 59.4 Å². The Kier molecular flexibility index (Phi) is 6.21. The van der Waals surface area contributed by atoms with E-state index < -0.39 is 5.97 Å². The van der Waals surface area contributed by atoms with Crippen LogP contribution in [0.3, 0.4) is 0 Å². The first-order chi connectivity index (χ1) is 12.6. The number of nitrogens with zero attached hydrogens (tertiary/aromatic N) is 1. The smallest absolute Gasteiger partial charge is 0.303 e. The number of halogens is 1. The summed E-state index contributed by atoms with van der Waals surface area (Å²) in [5, 5.41) is 8.66. The van der Waals surface area contributed by atoms with Gasteiger partial charge in [-0.25, -0.2) is 9.37 Å². The van der Waals surface area contributed by atoms with Crippen LogP contribution in [0.2, 0.25) is 0 Å². The molecule has 0 amide bonds. The zero-order chi connectivity index (χ0) is 18.4. The summed E-state index contributed by atoms with van der Waals surface area (Å²) in [5.74, 6) is 0.0706. The predicted octanol–water partition coefficient (Wildman–Crippen LogP) is 4.86. The molecule has 1 saturated carbocycles. The number of carboxylic acids is 1. The van der Waals surface area contributed by atoms with Gasteiger partial charge < -0.3 is 9.84 Å². The van der Waals surface area contributed by atoms with E-state index in [4.69, 9.17) is 9.84 Å². The molecule has 0 spiro atoms. The van der Waals surface area contributed by atoms with Gasteiger partial charge in [-0.15, -0.1) is 0 Å². The lowest BCUT2D eigenvalue weighted by molar-refractivity contribution is -0.137. The van der Waals surface area contributed by atoms with Gasteiger partial charge in [0.15, 0.2) is 0 Å². The highest BCUT2D eigenvalue weighted by Crippen LogP contribution is 2.32. The van der Waals surface area contributed by atoms with E-state index in [0.717, 1.165) is 11.1 Å². The van der Waals surface area contributed by atoms with Crippen LogP contribution in [0, 0.1) is 11.7 Å². The summed E-state index contributed by atoms with van der Waals surface area (Å²) in [6.45, 7) is 0.661. The highest BCUT2D eigenvalue weighted by atomic mass is 19.1. The van der Waals surface area contributed by atoms with Crippen molar-refractivity contribution in [2.24, 2.45) is 5.92 Å². The number of aryl methyl sites for hydroxylation is 1. The average Bonchev–Trinajstić information content (AvgIpc) is 2.58. The Morgan fingerprint density at radius 2 is 2.12 bits per heavy atom. The number of rotatable bonds is 9. The molecule has 0 bridgehead atoms. The quantitative estimate of drug-likeness (QED) is 0.651. The Labute approximate surface area is 153 Å². The van der Waals surface area contributed by atoms with Crippen molar-refractivity contribution in [1.82, 2.24) is 4.98 Å². The highest BCUT2D eigenvalue weighted by molar-refractivity contribution is 5.68. The van der Waals surface area contributed by atoms with Gasteiger partial charge in [0.05, 0.1) is 6.61 Å². The Bertz CT molecular complexity index is 759. The molecule has 3 rings (SSSR count). The molecule has 5 heteroatoms. The van der Waals surface area contributed by atoms with Gasteiger partial charge in [0.25, 0.3) is 0 Å². The summed E-state index contributed by atoms with van der Waals surface area (Å²) in [5.41, 5.74) is 2.15. The van der Waals surface area contributed by atoms with Crippen molar-refractivity contribution >= 4 is 5.97 Å². The number of carboxylic acid groups (broad SMARTS) is 1. The van der Waals surface area contributed by atoms with Crippen molar-refractivity contribution in [1.29, 1.82) is 0 Å². The van der Waals surface area contributed by atoms with Crippen molar-refractivity contribution in [2.75, 3.05) is 6.61 Å². The molecule has 1 heterocycles. The van der Waals surface area contributed by atoms with Crippen LogP contribution in [-0.2, 0) is 11.2 Å². The molecule has 0 saturated heterocycles. The fraction of sp³-hybridized carbons (Fsp3) is 0.429. The number of benzene rings is 1. The zero-order valence-electron chi connectivity index (χ0n) is 14.8. The first-order valence-electron chi connectivity index (χ1n) is 9.22. The minimum absolute atomic E-state index is 0.122. The summed E-state index contributed by atoms with van der Waals surface area (Å²) in [6, 6.07) is 8.88. The predicted molar refractivity (Wildman–Crippen MR) is 97.7 cm³/mol. The van der Waals surface area contributed by atoms with E-state index in [-0.39, 0.29) is 12.2 Å². The molecule has 1 aromatic heterocycles. The molecule has 0 atom stereocenters. The first kappa shape index (κ1) is 18.4. The molecule has 1 aliphatic carbocycles. The van der Waals surface area contributed by atoms with Crippen molar-refractivity contribution in [3.05, 3.63) is 47.9 Å². The average molecular weight is 357 g/mol. The number of pyridine rings is 1. The number of aliphatic carboxylic acids is 1. The Morgan fingerprint density at radius 3 is 2.81 bits per heavy atom. The number of carbonyl (C=O) groups is 1. The lowest BCUT2D eigenvalue weighted by Gasteiger charge is -2.25. The fourth-order valence-electron chi connectivity index (χ4n) is 3.09. The lowest BCUT2D eigenvalue weighted by Crippen LogP contribution is -2.19.